The summed E-state index contributed by atoms with van der Waals surface area (Å²) in [7, 11) is 0. The van der Waals surface area contributed by atoms with Gasteiger partial charge in [-0.3, -0.25) is 0 Å². The third kappa shape index (κ3) is 4.78. The number of carbonyl (C=O) groups excluding carboxylic acids is 1. The molecule has 0 saturated carbocycles. The quantitative estimate of drug-likeness (QED) is 0.561. The van der Waals surface area contributed by atoms with Crippen molar-refractivity contribution >= 4 is 52.3 Å². The van der Waals surface area contributed by atoms with Crippen LogP contribution in [0.3, 0.4) is 0 Å². The predicted molar refractivity (Wildman–Crippen MR) is 122 cm³/mol. The first-order chi connectivity index (χ1) is 14.5. The molecule has 1 N–H and O–H groups in total. The molecule has 6 nitrogen and oxygen atoms in total. The van der Waals surface area contributed by atoms with E-state index >= 15 is 0 Å². The van der Waals surface area contributed by atoms with Crippen LogP contribution in [-0.4, -0.2) is 47.3 Å². The molecule has 0 atom stereocenters. The van der Waals surface area contributed by atoms with Crippen molar-refractivity contribution in [1.29, 1.82) is 0 Å². The highest BCUT2D eigenvalue weighted by molar-refractivity contribution is 6.42. The number of hydrogen-bond acceptors (Lipinski definition) is 4. The Balaban J connectivity index is 1.34. The topological polar surface area (TPSA) is 61.4 Å². The van der Waals surface area contributed by atoms with E-state index in [0.717, 1.165) is 17.1 Å². The van der Waals surface area contributed by atoms with Crippen molar-refractivity contribution in [3.8, 4) is 11.3 Å². The van der Waals surface area contributed by atoms with Crippen LogP contribution < -0.4 is 10.2 Å². The number of amides is 2. The molecule has 1 aliphatic heterocycles. The van der Waals surface area contributed by atoms with Crippen LogP contribution in [0.5, 0.6) is 0 Å². The summed E-state index contributed by atoms with van der Waals surface area (Å²) >= 11 is 17.9. The number of anilines is 2. The van der Waals surface area contributed by atoms with Crippen molar-refractivity contribution < 1.29 is 4.79 Å². The first kappa shape index (κ1) is 20.7. The number of urea groups is 1. The van der Waals surface area contributed by atoms with Gasteiger partial charge in [-0.15, -0.1) is 10.2 Å². The SMILES string of the molecule is O=C(Nc1ccc(Cl)c(Cl)c1)N1CCN(c2ccc(-c3ccc(Cl)cc3)nn2)CC1. The van der Waals surface area contributed by atoms with Gasteiger partial charge in [-0.1, -0.05) is 46.9 Å². The van der Waals surface area contributed by atoms with Crippen molar-refractivity contribution in [2.45, 2.75) is 0 Å². The third-order valence-corrected chi connectivity index (χ3v) is 5.84. The summed E-state index contributed by atoms with van der Waals surface area (Å²) in [5, 5.41) is 13.1. The fourth-order valence-corrected chi connectivity index (χ4v) is 3.61. The van der Waals surface area contributed by atoms with Crippen LogP contribution >= 0.6 is 34.8 Å². The van der Waals surface area contributed by atoms with Gasteiger partial charge in [-0.2, -0.15) is 0 Å². The van der Waals surface area contributed by atoms with Gasteiger partial charge >= 0.3 is 6.03 Å². The number of piperazine rings is 1. The van der Waals surface area contributed by atoms with E-state index in [0.29, 0.717) is 46.9 Å². The number of rotatable bonds is 3. The smallest absolute Gasteiger partial charge is 0.321 e. The number of halogens is 3. The predicted octanol–water partition coefficient (Wildman–Crippen LogP) is 5.46. The van der Waals surface area contributed by atoms with Gasteiger partial charge in [0.25, 0.3) is 0 Å². The zero-order valence-electron chi connectivity index (χ0n) is 15.9. The van der Waals surface area contributed by atoms with Crippen molar-refractivity contribution in [2.24, 2.45) is 0 Å². The maximum atomic E-state index is 12.5. The summed E-state index contributed by atoms with van der Waals surface area (Å²) in [6.45, 7) is 2.50. The number of carbonyl (C=O) groups is 1. The standard InChI is InChI=1S/C21H18Cl3N5O/c22-15-3-1-14(2-4-15)19-7-8-20(27-26-19)28-9-11-29(12-10-28)21(30)25-16-5-6-17(23)18(24)13-16/h1-8,13H,9-12H2,(H,25,30). The minimum atomic E-state index is -0.169. The van der Waals surface area contributed by atoms with E-state index in [9.17, 15) is 4.79 Å². The Morgan fingerprint density at radius 1 is 0.833 bits per heavy atom. The van der Waals surface area contributed by atoms with Crippen LogP contribution in [0.25, 0.3) is 11.3 Å². The maximum absolute atomic E-state index is 12.5. The average molecular weight is 463 g/mol. The molecule has 0 bridgehead atoms. The second-order valence-corrected chi connectivity index (χ2v) is 8.07. The monoisotopic (exact) mass is 461 g/mol. The summed E-state index contributed by atoms with van der Waals surface area (Å²) in [6.07, 6.45) is 0. The molecule has 0 unspecified atom stereocenters. The molecule has 9 heteroatoms. The van der Waals surface area contributed by atoms with Crippen LogP contribution in [0.2, 0.25) is 15.1 Å². The van der Waals surface area contributed by atoms with Crippen molar-refractivity contribution in [2.75, 3.05) is 36.4 Å². The lowest BCUT2D eigenvalue weighted by molar-refractivity contribution is 0.208. The van der Waals surface area contributed by atoms with Crippen molar-refractivity contribution in [1.82, 2.24) is 15.1 Å². The van der Waals surface area contributed by atoms with Gasteiger partial charge in [-0.25, -0.2) is 4.79 Å². The first-order valence-corrected chi connectivity index (χ1v) is 10.5. The molecule has 0 aliphatic carbocycles. The Morgan fingerprint density at radius 2 is 1.57 bits per heavy atom. The Labute approximate surface area is 189 Å². The van der Waals surface area contributed by atoms with Gasteiger partial charge in [0.15, 0.2) is 5.82 Å². The zero-order valence-corrected chi connectivity index (χ0v) is 18.1. The van der Waals surface area contributed by atoms with Gasteiger partial charge in [-0.05, 0) is 42.5 Å². The van der Waals surface area contributed by atoms with Gasteiger partial charge in [0, 0.05) is 42.5 Å². The highest BCUT2D eigenvalue weighted by Crippen LogP contribution is 2.25. The number of benzene rings is 2. The number of nitrogens with zero attached hydrogens (tertiary/aromatic N) is 4. The van der Waals surface area contributed by atoms with Crippen molar-refractivity contribution in [3.63, 3.8) is 0 Å². The molecule has 1 aliphatic rings. The average Bonchev–Trinajstić information content (AvgIpc) is 2.77. The molecule has 0 radical (unpaired) electrons. The van der Waals surface area contributed by atoms with Crippen LogP contribution in [0, 0.1) is 0 Å². The minimum absolute atomic E-state index is 0.169. The molecule has 30 heavy (non-hydrogen) atoms. The lowest BCUT2D eigenvalue weighted by atomic mass is 10.1. The summed E-state index contributed by atoms with van der Waals surface area (Å²) in [5.74, 6) is 0.789. The summed E-state index contributed by atoms with van der Waals surface area (Å²) < 4.78 is 0. The van der Waals surface area contributed by atoms with E-state index in [1.165, 1.54) is 0 Å². The molecule has 3 aromatic rings. The Hall–Kier alpha value is -2.54. The molecule has 2 amide bonds. The molecule has 1 fully saturated rings. The number of hydrogen-bond donors (Lipinski definition) is 1. The molecule has 2 heterocycles. The van der Waals surface area contributed by atoms with Crippen molar-refractivity contribution in [3.05, 3.63) is 69.7 Å². The van der Waals surface area contributed by atoms with E-state index in [1.807, 2.05) is 36.4 Å². The summed E-state index contributed by atoms with van der Waals surface area (Å²) in [4.78, 5) is 16.4. The highest BCUT2D eigenvalue weighted by Gasteiger charge is 2.22. The van der Waals surface area contributed by atoms with E-state index in [4.69, 9.17) is 34.8 Å². The molecular weight excluding hydrogens is 445 g/mol. The molecule has 0 spiro atoms. The van der Waals surface area contributed by atoms with Gasteiger partial charge in [0.2, 0.25) is 0 Å². The molecule has 1 saturated heterocycles. The number of nitrogens with one attached hydrogen (secondary N) is 1. The Kier molecular flexibility index (Phi) is 6.27. The highest BCUT2D eigenvalue weighted by atomic mass is 35.5. The number of aromatic nitrogens is 2. The fraction of sp³-hybridized carbons (Fsp3) is 0.190. The van der Waals surface area contributed by atoms with Crippen LogP contribution in [0.4, 0.5) is 16.3 Å². The van der Waals surface area contributed by atoms with Gasteiger partial charge in [0.05, 0.1) is 15.7 Å². The normalized spacial score (nSPS) is 14.0. The van der Waals surface area contributed by atoms with Crippen LogP contribution in [-0.2, 0) is 0 Å². The fourth-order valence-electron chi connectivity index (χ4n) is 3.18. The molecule has 2 aromatic carbocycles. The van der Waals surface area contributed by atoms with E-state index in [1.54, 1.807) is 23.1 Å². The van der Waals surface area contributed by atoms with E-state index in [-0.39, 0.29) is 6.03 Å². The molecular formula is C21H18Cl3N5O. The Morgan fingerprint density at radius 3 is 2.20 bits per heavy atom. The lowest BCUT2D eigenvalue weighted by Gasteiger charge is -2.35. The van der Waals surface area contributed by atoms with E-state index < -0.39 is 0 Å². The largest absolute Gasteiger partial charge is 0.352 e. The summed E-state index contributed by atoms with van der Waals surface area (Å²) in [6, 6.07) is 16.2. The lowest BCUT2D eigenvalue weighted by Crippen LogP contribution is -2.50. The van der Waals surface area contributed by atoms with Crippen LogP contribution in [0.15, 0.2) is 54.6 Å². The third-order valence-electron chi connectivity index (χ3n) is 4.85. The molecule has 4 rings (SSSR count). The second kappa shape index (κ2) is 9.08. The van der Waals surface area contributed by atoms with E-state index in [2.05, 4.69) is 20.4 Å². The maximum Gasteiger partial charge on any atom is 0.321 e. The molecule has 1 aromatic heterocycles. The van der Waals surface area contributed by atoms with Gasteiger partial charge in [0.1, 0.15) is 0 Å². The van der Waals surface area contributed by atoms with Gasteiger partial charge < -0.3 is 15.1 Å². The minimum Gasteiger partial charge on any atom is -0.352 e. The summed E-state index contributed by atoms with van der Waals surface area (Å²) in [5.41, 5.74) is 2.36. The molecule has 154 valence electrons. The second-order valence-electron chi connectivity index (χ2n) is 6.82. The first-order valence-electron chi connectivity index (χ1n) is 9.35. The van der Waals surface area contributed by atoms with Crippen LogP contribution in [0.1, 0.15) is 0 Å². The Bertz CT molecular complexity index is 1040. The zero-order chi connectivity index (χ0) is 21.1.